The van der Waals surface area contributed by atoms with Gasteiger partial charge in [0, 0.05) is 77.9 Å². The second kappa shape index (κ2) is 14.4. The van der Waals surface area contributed by atoms with E-state index < -0.39 is 6.29 Å². The van der Waals surface area contributed by atoms with Gasteiger partial charge in [-0.1, -0.05) is 123 Å². The number of rotatable bonds is 4. The highest BCUT2D eigenvalue weighted by Gasteiger charge is 2.37. The summed E-state index contributed by atoms with van der Waals surface area (Å²) in [5.74, 6) is 1.03. The fraction of sp³-hybridized carbons (Fsp3) is 0.121. The molecule has 1 N–H and O–H groups in total. The number of ether oxygens (including phenoxy) is 1. The van der Waals surface area contributed by atoms with E-state index >= 15 is 0 Å². The topological polar surface area (TPSA) is 48.4 Å². The second-order valence-electron chi connectivity index (χ2n) is 16.9. The van der Waals surface area contributed by atoms with E-state index in [1.807, 2.05) is 13.8 Å². The third-order valence-electron chi connectivity index (χ3n) is 13.7. The Morgan fingerprint density at radius 2 is 1.34 bits per heavy atom. The lowest BCUT2D eigenvalue weighted by Crippen LogP contribution is -2.25. The Balaban J connectivity index is 0.00000204. The summed E-state index contributed by atoms with van der Waals surface area (Å²) >= 11 is 0. The van der Waals surface area contributed by atoms with Crippen molar-refractivity contribution in [3.05, 3.63) is 210 Å². The van der Waals surface area contributed by atoms with Crippen LogP contribution in [0.25, 0.3) is 72.0 Å². The van der Waals surface area contributed by atoms with Crippen molar-refractivity contribution in [2.45, 2.75) is 45.0 Å². The van der Waals surface area contributed by atoms with E-state index in [0.29, 0.717) is 0 Å². The maximum absolute atomic E-state index is 6.69. The van der Waals surface area contributed by atoms with Crippen molar-refractivity contribution in [3.8, 4) is 17.1 Å². The molecular formula is C58H45N5O. The van der Waals surface area contributed by atoms with Gasteiger partial charge in [-0.25, -0.2) is 4.99 Å². The predicted molar refractivity (Wildman–Crippen MR) is 266 cm³/mol. The van der Waals surface area contributed by atoms with Crippen molar-refractivity contribution in [1.29, 1.82) is 0 Å². The van der Waals surface area contributed by atoms with Gasteiger partial charge in [-0.15, -0.1) is 0 Å². The molecule has 0 radical (unpaired) electrons. The van der Waals surface area contributed by atoms with Gasteiger partial charge in [-0.05, 0) is 91.7 Å². The van der Waals surface area contributed by atoms with Gasteiger partial charge in [0.15, 0.2) is 0 Å². The minimum Gasteiger partial charge on any atom is -0.485 e. The number of fused-ring (bicyclic) bond motifs is 14. The Labute approximate surface area is 371 Å². The minimum absolute atomic E-state index is 0.0442. The van der Waals surface area contributed by atoms with Gasteiger partial charge in [-0.3, -0.25) is 0 Å². The van der Waals surface area contributed by atoms with Crippen LogP contribution >= 0.6 is 0 Å². The first-order chi connectivity index (χ1) is 31.8. The zero-order valence-corrected chi connectivity index (χ0v) is 35.7. The first-order valence-corrected chi connectivity index (χ1v) is 22.7. The lowest BCUT2D eigenvalue weighted by Gasteiger charge is -2.28. The van der Waals surface area contributed by atoms with E-state index in [0.717, 1.165) is 57.8 Å². The molecule has 10 aromatic rings. The van der Waals surface area contributed by atoms with Crippen LogP contribution in [0.5, 0.6) is 5.75 Å². The lowest BCUT2D eigenvalue weighted by molar-refractivity contribution is 0.269. The molecule has 6 nitrogen and oxygen atoms in total. The Hall–Kier alpha value is -7.83. The average Bonchev–Trinajstić information content (AvgIpc) is 4.10. The van der Waals surface area contributed by atoms with Gasteiger partial charge in [0.2, 0.25) is 6.29 Å². The molecule has 2 aliphatic carbocycles. The molecule has 64 heavy (non-hydrogen) atoms. The van der Waals surface area contributed by atoms with Crippen molar-refractivity contribution in [1.82, 2.24) is 13.7 Å². The smallest absolute Gasteiger partial charge is 0.201 e. The first kappa shape index (κ1) is 36.8. The molecule has 0 fully saturated rings. The minimum atomic E-state index is -0.439. The summed E-state index contributed by atoms with van der Waals surface area (Å²) in [7, 11) is 0. The molecule has 0 amide bonds. The van der Waals surface area contributed by atoms with Crippen molar-refractivity contribution in [3.63, 3.8) is 0 Å². The van der Waals surface area contributed by atoms with Crippen molar-refractivity contribution in [2.24, 2.45) is 4.99 Å². The van der Waals surface area contributed by atoms with Crippen LogP contribution in [-0.2, 0) is 6.42 Å². The number of benzene rings is 7. The highest BCUT2D eigenvalue weighted by atomic mass is 16.5. The predicted octanol–water partition coefficient (Wildman–Crippen LogP) is 14.2. The summed E-state index contributed by atoms with van der Waals surface area (Å²) in [6, 6.07) is 55.2. The number of aliphatic imine (C=N–C) groups is 1. The van der Waals surface area contributed by atoms with Crippen LogP contribution in [-0.4, -0.2) is 25.5 Å². The lowest BCUT2D eigenvalue weighted by atomic mass is 9.90. The fourth-order valence-electron chi connectivity index (χ4n) is 11.0. The molecule has 0 saturated carbocycles. The molecule has 2 aliphatic heterocycles. The third kappa shape index (κ3) is 5.29. The normalized spacial score (nSPS) is 18.0. The first-order valence-electron chi connectivity index (χ1n) is 22.7. The summed E-state index contributed by atoms with van der Waals surface area (Å²) in [4.78, 5) is 5.76. The van der Waals surface area contributed by atoms with Crippen molar-refractivity contribution >= 4 is 72.0 Å². The maximum atomic E-state index is 6.69. The number of aromatic nitrogens is 3. The summed E-state index contributed by atoms with van der Waals surface area (Å²) in [6.07, 6.45) is 14.9. The van der Waals surface area contributed by atoms with Gasteiger partial charge < -0.3 is 23.8 Å². The second-order valence-corrected chi connectivity index (χ2v) is 16.9. The zero-order chi connectivity index (χ0) is 42.5. The van der Waals surface area contributed by atoms with E-state index in [1.165, 1.54) is 66.0 Å². The zero-order valence-electron chi connectivity index (χ0n) is 35.7. The molecule has 0 spiro atoms. The molecule has 3 atom stereocenters. The summed E-state index contributed by atoms with van der Waals surface area (Å²) < 4.78 is 14.0. The summed E-state index contributed by atoms with van der Waals surface area (Å²) in [6.45, 7) is 4.00. The van der Waals surface area contributed by atoms with Crippen molar-refractivity contribution in [2.75, 3.05) is 5.32 Å². The molecule has 6 heteroatoms. The third-order valence-corrected chi connectivity index (χ3v) is 13.7. The standard InChI is InChI=1S/C56H39N5O.C2H6/c1-2-14-35(15-3-1)59-48-24-12-7-18-39(48)43-32-34(26-29-49(43)59)54-41-19-4-9-21-45(41)57-56(58-54)61-50-30-27-36(60-46-22-10-5-16-37(46)38-17-6-11-23-47(38)60)33-44(50)40-28-31-52-53(55(40)61)42-20-8-13-25-51(42)62-52;1-2/h1-10,12-22,24-33,42,51,56-57H,11,23H2;1-2H3. The number of allylic oxidation sites excluding steroid dienone is 3. The van der Waals surface area contributed by atoms with Crippen LogP contribution in [0.3, 0.4) is 0 Å². The molecule has 5 heterocycles. The number of hydrogen-bond donors (Lipinski definition) is 1. The van der Waals surface area contributed by atoms with Gasteiger partial charge in [0.05, 0.1) is 33.3 Å². The average molecular weight is 828 g/mol. The highest BCUT2D eigenvalue weighted by molar-refractivity contribution is 6.20. The molecule has 0 bridgehead atoms. The molecule has 14 rings (SSSR count). The largest absolute Gasteiger partial charge is 0.485 e. The van der Waals surface area contributed by atoms with E-state index in [1.54, 1.807) is 0 Å². The van der Waals surface area contributed by atoms with Gasteiger partial charge in [0.1, 0.15) is 11.9 Å². The Bertz CT molecular complexity index is 3670. The number of para-hydroxylation sites is 4. The number of nitrogens with one attached hydrogen (secondary N) is 1. The Morgan fingerprint density at radius 1 is 0.609 bits per heavy atom. The van der Waals surface area contributed by atoms with Crippen LogP contribution in [0.4, 0.5) is 5.69 Å². The number of anilines is 1. The van der Waals surface area contributed by atoms with E-state index in [4.69, 9.17) is 9.73 Å². The highest BCUT2D eigenvalue weighted by Crippen LogP contribution is 2.49. The Morgan fingerprint density at radius 3 is 2.23 bits per heavy atom. The van der Waals surface area contributed by atoms with Gasteiger partial charge in [0.25, 0.3) is 0 Å². The van der Waals surface area contributed by atoms with Crippen molar-refractivity contribution < 1.29 is 4.74 Å². The Kier molecular flexibility index (Phi) is 8.26. The SMILES string of the molecule is C1=CC2Oc3ccc4c5cc(-n6c7c(c8ccccc86)C=CCC7)ccc5n(C5N=C(c6ccc7c(c6)c6ccccc6n7-c6ccccc6)c6ccccc6N5)c4c3C2C=C1.CC. The monoisotopic (exact) mass is 827 g/mol. The van der Waals surface area contributed by atoms with Gasteiger partial charge >= 0.3 is 0 Å². The number of hydrogen-bond acceptors (Lipinski definition) is 3. The van der Waals surface area contributed by atoms with Crippen LogP contribution in [0.1, 0.15) is 60.4 Å². The van der Waals surface area contributed by atoms with Gasteiger partial charge in [-0.2, -0.15) is 0 Å². The number of nitrogens with zero attached hydrogens (tertiary/aromatic N) is 4. The van der Waals surface area contributed by atoms with E-state index in [9.17, 15) is 0 Å². The molecule has 3 aromatic heterocycles. The maximum Gasteiger partial charge on any atom is 0.201 e. The molecular weight excluding hydrogens is 783 g/mol. The molecule has 308 valence electrons. The molecule has 0 saturated heterocycles. The fourth-order valence-corrected chi connectivity index (χ4v) is 11.0. The van der Waals surface area contributed by atoms with Crippen LogP contribution in [0.2, 0.25) is 0 Å². The van der Waals surface area contributed by atoms with Crippen LogP contribution in [0.15, 0.2) is 187 Å². The van der Waals surface area contributed by atoms with Crippen LogP contribution in [0, 0.1) is 0 Å². The summed E-state index contributed by atoms with van der Waals surface area (Å²) in [5.41, 5.74) is 16.3. The van der Waals surface area contributed by atoms with E-state index in [-0.39, 0.29) is 12.0 Å². The molecule has 4 aliphatic rings. The van der Waals surface area contributed by atoms with E-state index in [2.05, 4.69) is 207 Å². The van der Waals surface area contributed by atoms with Crippen LogP contribution < -0.4 is 10.1 Å². The molecule has 7 aromatic carbocycles. The molecule has 3 unspecified atom stereocenters. The quantitative estimate of drug-likeness (QED) is 0.192. The summed E-state index contributed by atoms with van der Waals surface area (Å²) in [5, 5.41) is 10.1.